The molecule has 1 aliphatic rings. The summed E-state index contributed by atoms with van der Waals surface area (Å²) in [5.41, 5.74) is 6.77. The first kappa shape index (κ1) is 20.8. The second kappa shape index (κ2) is 8.35. The smallest absolute Gasteiger partial charge is 0.126 e. The molecule has 2 heterocycles. The zero-order chi connectivity index (χ0) is 22.0. The largest absolute Gasteiger partial charge is 0.355 e. The predicted octanol–water partition coefficient (Wildman–Crippen LogP) is 5.63. The first-order valence-electron chi connectivity index (χ1n) is 10.1. The van der Waals surface area contributed by atoms with Crippen LogP contribution < -0.4 is 16.0 Å². The minimum Gasteiger partial charge on any atom is -0.355 e. The normalized spacial score (nSPS) is 13.5. The van der Waals surface area contributed by atoms with E-state index >= 15 is 0 Å². The highest BCUT2D eigenvalue weighted by atomic mass is 32.1. The summed E-state index contributed by atoms with van der Waals surface area (Å²) in [7, 11) is 0. The molecule has 1 aliphatic heterocycles. The van der Waals surface area contributed by atoms with Crippen molar-refractivity contribution in [3.63, 3.8) is 0 Å². The number of aromatic nitrogens is 2. The number of benzene rings is 2. The third-order valence-electron chi connectivity index (χ3n) is 5.06. The molecule has 0 unspecified atom stereocenters. The lowest BCUT2D eigenvalue weighted by Crippen LogP contribution is -2.24. The van der Waals surface area contributed by atoms with Crippen LogP contribution in [0.15, 0.2) is 78.1 Å². The van der Waals surface area contributed by atoms with Gasteiger partial charge in [0.1, 0.15) is 22.7 Å². The highest BCUT2D eigenvalue weighted by Crippen LogP contribution is 2.28. The standard InChI is InChI=1S/C24H26N6S/c1-15(20-7-6-8-21-23(20)30-31-29-21)26-18-9-11-19(12-10-18)27-16(2)28-22-13-17(14-25-22)24(3,4)5/h6-13,26-27H,1-2,14H2,3-5H3,(H,25,28). The van der Waals surface area contributed by atoms with Gasteiger partial charge in [0, 0.05) is 22.6 Å². The van der Waals surface area contributed by atoms with Crippen molar-refractivity contribution in [2.24, 2.45) is 10.4 Å². The monoisotopic (exact) mass is 430 g/mol. The molecule has 0 atom stereocenters. The molecule has 0 amide bonds. The van der Waals surface area contributed by atoms with Crippen LogP contribution in [0.3, 0.4) is 0 Å². The number of hydrogen-bond acceptors (Lipinski definition) is 7. The number of fused-ring (bicyclic) bond motifs is 1. The first-order valence-corrected chi connectivity index (χ1v) is 10.8. The maximum atomic E-state index is 4.54. The van der Waals surface area contributed by atoms with E-state index in [1.807, 2.05) is 42.5 Å². The third kappa shape index (κ3) is 4.83. The molecule has 0 bridgehead atoms. The van der Waals surface area contributed by atoms with Gasteiger partial charge in [0.25, 0.3) is 0 Å². The molecule has 3 aromatic rings. The van der Waals surface area contributed by atoms with E-state index in [-0.39, 0.29) is 5.41 Å². The van der Waals surface area contributed by atoms with E-state index in [9.17, 15) is 0 Å². The van der Waals surface area contributed by atoms with Crippen LogP contribution in [0.4, 0.5) is 11.4 Å². The molecule has 7 heteroatoms. The van der Waals surface area contributed by atoms with Gasteiger partial charge in [-0.05, 0) is 47.4 Å². The number of nitrogens with one attached hydrogen (secondary N) is 3. The summed E-state index contributed by atoms with van der Waals surface area (Å²) in [4.78, 5) is 4.54. The molecule has 6 nitrogen and oxygen atoms in total. The van der Waals surface area contributed by atoms with Crippen molar-refractivity contribution >= 4 is 45.7 Å². The van der Waals surface area contributed by atoms with Gasteiger partial charge in [0.15, 0.2) is 0 Å². The van der Waals surface area contributed by atoms with Crippen LogP contribution in [0.5, 0.6) is 0 Å². The average molecular weight is 431 g/mol. The van der Waals surface area contributed by atoms with E-state index in [2.05, 4.69) is 69.7 Å². The van der Waals surface area contributed by atoms with Crippen LogP contribution in [-0.4, -0.2) is 21.1 Å². The fraction of sp³-hybridized carbons (Fsp3) is 0.208. The van der Waals surface area contributed by atoms with E-state index in [0.29, 0.717) is 5.82 Å². The van der Waals surface area contributed by atoms with E-state index in [1.165, 1.54) is 17.3 Å². The van der Waals surface area contributed by atoms with Crippen molar-refractivity contribution in [1.82, 2.24) is 14.1 Å². The van der Waals surface area contributed by atoms with Gasteiger partial charge in [-0.25, -0.2) is 0 Å². The summed E-state index contributed by atoms with van der Waals surface area (Å²) in [5, 5.41) is 9.86. The van der Waals surface area contributed by atoms with E-state index in [1.54, 1.807) is 0 Å². The van der Waals surface area contributed by atoms with Crippen LogP contribution >= 0.6 is 11.7 Å². The lowest BCUT2D eigenvalue weighted by atomic mass is 9.87. The maximum Gasteiger partial charge on any atom is 0.126 e. The molecular formula is C24H26N6S. The van der Waals surface area contributed by atoms with Crippen molar-refractivity contribution in [2.75, 3.05) is 17.2 Å². The Morgan fingerprint density at radius 1 is 0.935 bits per heavy atom. The Balaban J connectivity index is 1.35. The predicted molar refractivity (Wildman–Crippen MR) is 132 cm³/mol. The minimum absolute atomic E-state index is 0.121. The van der Waals surface area contributed by atoms with E-state index in [4.69, 9.17) is 0 Å². The lowest BCUT2D eigenvalue weighted by Gasteiger charge is -2.18. The molecule has 0 fully saturated rings. The Kier molecular flexibility index (Phi) is 5.61. The Labute approximate surface area is 186 Å². The number of anilines is 2. The molecule has 4 rings (SSSR count). The van der Waals surface area contributed by atoms with Gasteiger partial charge >= 0.3 is 0 Å². The van der Waals surface area contributed by atoms with Gasteiger partial charge in [-0.3, -0.25) is 4.99 Å². The topological polar surface area (TPSA) is 74.2 Å². The van der Waals surface area contributed by atoms with Crippen molar-refractivity contribution in [3.8, 4) is 0 Å². The summed E-state index contributed by atoms with van der Waals surface area (Å²) in [6, 6.07) is 13.9. The van der Waals surface area contributed by atoms with Gasteiger partial charge < -0.3 is 16.0 Å². The second-order valence-corrected chi connectivity index (χ2v) is 9.00. The van der Waals surface area contributed by atoms with Crippen molar-refractivity contribution in [2.45, 2.75) is 20.8 Å². The molecule has 0 saturated carbocycles. The molecule has 0 aliphatic carbocycles. The average Bonchev–Trinajstić information content (AvgIpc) is 3.38. The summed E-state index contributed by atoms with van der Waals surface area (Å²) in [5.74, 6) is 1.51. The molecule has 3 N–H and O–H groups in total. The minimum atomic E-state index is 0.121. The summed E-state index contributed by atoms with van der Waals surface area (Å²) in [6.45, 7) is 15.6. The highest BCUT2D eigenvalue weighted by Gasteiger charge is 2.21. The van der Waals surface area contributed by atoms with Gasteiger partial charge in [-0.2, -0.15) is 8.75 Å². The van der Waals surface area contributed by atoms with Crippen LogP contribution in [-0.2, 0) is 0 Å². The molecule has 0 spiro atoms. The molecular weight excluding hydrogens is 404 g/mol. The molecule has 0 radical (unpaired) electrons. The summed E-state index contributed by atoms with van der Waals surface area (Å²) in [6.07, 6.45) is 2.10. The number of amidine groups is 1. The fourth-order valence-electron chi connectivity index (χ4n) is 3.24. The zero-order valence-corrected chi connectivity index (χ0v) is 18.8. The van der Waals surface area contributed by atoms with E-state index in [0.717, 1.165) is 46.0 Å². The third-order valence-corrected chi connectivity index (χ3v) is 5.60. The number of aliphatic imine (C=N–C) groups is 1. The summed E-state index contributed by atoms with van der Waals surface area (Å²) >= 11 is 1.21. The van der Waals surface area contributed by atoms with Crippen LogP contribution in [0.1, 0.15) is 26.3 Å². The number of rotatable bonds is 6. The van der Waals surface area contributed by atoms with Gasteiger partial charge in [0.05, 0.1) is 18.3 Å². The number of hydrogen-bond donors (Lipinski definition) is 3. The van der Waals surface area contributed by atoms with Crippen molar-refractivity contribution in [1.29, 1.82) is 0 Å². The van der Waals surface area contributed by atoms with Crippen LogP contribution in [0, 0.1) is 5.41 Å². The SMILES string of the molecule is C=C(NC1=NCC(C(C)(C)C)=C1)Nc1ccc(NC(=C)c2cccc3nsnc23)cc1. The Bertz CT molecular complexity index is 1190. The fourth-order valence-corrected chi connectivity index (χ4v) is 3.79. The Hall–Kier alpha value is -3.45. The van der Waals surface area contributed by atoms with Crippen molar-refractivity contribution in [3.05, 3.63) is 78.7 Å². The molecule has 0 saturated heterocycles. The molecule has 31 heavy (non-hydrogen) atoms. The first-order chi connectivity index (χ1) is 14.8. The lowest BCUT2D eigenvalue weighted by molar-refractivity contribution is 0.499. The van der Waals surface area contributed by atoms with Crippen LogP contribution in [0.2, 0.25) is 0 Å². The quantitative estimate of drug-likeness (QED) is 0.472. The summed E-state index contributed by atoms with van der Waals surface area (Å²) < 4.78 is 8.67. The van der Waals surface area contributed by atoms with Gasteiger partial charge in [0.2, 0.25) is 0 Å². The molecule has 1 aromatic heterocycles. The maximum absolute atomic E-state index is 4.54. The van der Waals surface area contributed by atoms with Crippen LogP contribution in [0.25, 0.3) is 16.7 Å². The van der Waals surface area contributed by atoms with Gasteiger partial charge in [-0.1, -0.05) is 46.1 Å². The number of nitrogens with zero attached hydrogens (tertiary/aromatic N) is 3. The molecule has 2 aromatic carbocycles. The molecule has 158 valence electrons. The Morgan fingerprint density at radius 3 is 2.32 bits per heavy atom. The van der Waals surface area contributed by atoms with Gasteiger partial charge in [-0.15, -0.1) is 0 Å². The Morgan fingerprint density at radius 2 is 1.65 bits per heavy atom. The second-order valence-electron chi connectivity index (χ2n) is 8.47. The highest BCUT2D eigenvalue weighted by molar-refractivity contribution is 7.00. The van der Waals surface area contributed by atoms with Crippen molar-refractivity contribution < 1.29 is 0 Å². The van der Waals surface area contributed by atoms with E-state index < -0.39 is 0 Å². The zero-order valence-electron chi connectivity index (χ0n) is 18.0.